The van der Waals surface area contributed by atoms with E-state index >= 15 is 0 Å². The van der Waals surface area contributed by atoms with Crippen LogP contribution in [-0.4, -0.2) is 39.6 Å². The lowest BCUT2D eigenvalue weighted by Gasteiger charge is -2.21. The number of halogens is 3. The second-order valence-corrected chi connectivity index (χ2v) is 5.66. The summed E-state index contributed by atoms with van der Waals surface area (Å²) >= 11 is 0. The molecule has 1 aromatic heterocycles. The first kappa shape index (κ1) is 19.3. The largest absolute Gasteiger partial charge is 0.573 e. The molecule has 2 heterocycles. The van der Waals surface area contributed by atoms with Crippen molar-refractivity contribution in [2.75, 3.05) is 11.9 Å². The Hall–Kier alpha value is -3.51. The van der Waals surface area contributed by atoms with Crippen LogP contribution in [0, 0.1) is 10.1 Å². The smallest absolute Gasteiger partial charge is 0.445 e. The average molecular weight is 402 g/mol. The third-order valence-electron chi connectivity index (χ3n) is 3.61. The molecule has 1 aliphatic rings. The Bertz CT molecular complexity index is 868. The van der Waals surface area contributed by atoms with Gasteiger partial charge in [-0.05, 0) is 29.2 Å². The number of fused-ring (bicyclic) bond motifs is 1. The third-order valence-corrected chi connectivity index (χ3v) is 3.61. The van der Waals surface area contributed by atoms with Crippen molar-refractivity contribution in [3.05, 3.63) is 40.6 Å². The summed E-state index contributed by atoms with van der Waals surface area (Å²) in [5.74, 6) is -0.765. The zero-order valence-electron chi connectivity index (χ0n) is 14.0. The number of hydrogen-bond acceptors (Lipinski definition) is 7. The van der Waals surface area contributed by atoms with Crippen LogP contribution in [0.4, 0.5) is 29.5 Å². The number of ether oxygens (including phenoxy) is 3. The van der Waals surface area contributed by atoms with Crippen LogP contribution in [0.15, 0.2) is 30.5 Å². The van der Waals surface area contributed by atoms with Crippen LogP contribution in [0.3, 0.4) is 0 Å². The van der Waals surface area contributed by atoms with Gasteiger partial charge in [0.1, 0.15) is 24.7 Å². The number of benzene rings is 1. The van der Waals surface area contributed by atoms with Gasteiger partial charge < -0.3 is 24.3 Å². The summed E-state index contributed by atoms with van der Waals surface area (Å²) < 4.78 is 52.0. The molecule has 3 rings (SSSR count). The number of carbonyl (C=O) groups excluding carboxylic acids is 1. The predicted molar refractivity (Wildman–Crippen MR) is 86.0 cm³/mol. The van der Waals surface area contributed by atoms with Crippen molar-refractivity contribution >= 4 is 17.6 Å². The van der Waals surface area contributed by atoms with Crippen LogP contribution in [-0.2, 0) is 11.3 Å². The van der Waals surface area contributed by atoms with Gasteiger partial charge in [0.15, 0.2) is 0 Å². The second kappa shape index (κ2) is 7.62. The summed E-state index contributed by atoms with van der Waals surface area (Å²) in [5, 5.41) is 13.1. The maximum Gasteiger partial charge on any atom is 0.573 e. The highest BCUT2D eigenvalue weighted by atomic mass is 19.4. The van der Waals surface area contributed by atoms with Gasteiger partial charge >= 0.3 is 24.3 Å². The maximum atomic E-state index is 12.1. The molecule has 0 fully saturated rings. The molecule has 150 valence electrons. The highest BCUT2D eigenvalue weighted by molar-refractivity contribution is 5.84. The number of hydrogen-bond donors (Lipinski definition) is 1. The number of aromatic nitrogens is 2. The van der Waals surface area contributed by atoms with Gasteiger partial charge in [-0.3, -0.25) is 9.88 Å². The van der Waals surface area contributed by atoms with Gasteiger partial charge in [0.25, 0.3) is 0 Å². The van der Waals surface area contributed by atoms with Crippen LogP contribution >= 0.6 is 0 Å². The molecule has 0 radical (unpaired) electrons. The van der Waals surface area contributed by atoms with Gasteiger partial charge in [0.2, 0.25) is 0 Å². The molecule has 1 aromatic carbocycles. The van der Waals surface area contributed by atoms with Crippen molar-refractivity contribution in [2.45, 2.75) is 25.4 Å². The first-order chi connectivity index (χ1) is 13.2. The molecular weight excluding hydrogens is 389 g/mol. The van der Waals surface area contributed by atoms with E-state index in [0.29, 0.717) is 13.0 Å². The van der Waals surface area contributed by atoms with Crippen LogP contribution in [0.5, 0.6) is 11.8 Å². The summed E-state index contributed by atoms with van der Waals surface area (Å²) in [6.07, 6.45) is -4.48. The molecule has 0 bridgehead atoms. The van der Waals surface area contributed by atoms with Crippen molar-refractivity contribution < 1.29 is 37.1 Å². The summed E-state index contributed by atoms with van der Waals surface area (Å²) in [5.41, 5.74) is 0.204. The third kappa shape index (κ3) is 5.02. The summed E-state index contributed by atoms with van der Waals surface area (Å²) in [4.78, 5) is 25.6. The summed E-state index contributed by atoms with van der Waals surface area (Å²) in [7, 11) is 0. The predicted octanol–water partition coefficient (Wildman–Crippen LogP) is 3.09. The fraction of sp³-hybridized carbons (Fsp3) is 0.333. The second-order valence-electron chi connectivity index (χ2n) is 5.66. The standard InChI is InChI=1S/C15H13F3N4O6/c16-15(17,18)28-10-3-1-9(2-4-10)19-14(23)26-8-11-5-6-21-7-12(22(24)25)20-13(21)27-11/h1-4,7,11H,5-6,8H2,(H,19,23)/t11-/m1/s1. The Morgan fingerprint density at radius 3 is 2.75 bits per heavy atom. The number of imidazole rings is 1. The fourth-order valence-corrected chi connectivity index (χ4v) is 2.40. The van der Waals surface area contributed by atoms with Crippen molar-refractivity contribution in [3.8, 4) is 11.8 Å². The van der Waals surface area contributed by atoms with Crippen LogP contribution < -0.4 is 14.8 Å². The van der Waals surface area contributed by atoms with Crippen LogP contribution in [0.2, 0.25) is 0 Å². The zero-order valence-corrected chi connectivity index (χ0v) is 14.0. The molecule has 0 saturated carbocycles. The quantitative estimate of drug-likeness (QED) is 0.603. The molecule has 2 aromatic rings. The number of amides is 1. The van der Waals surface area contributed by atoms with E-state index in [0.717, 1.165) is 12.1 Å². The normalized spacial score (nSPS) is 15.9. The van der Waals surface area contributed by atoms with E-state index in [2.05, 4.69) is 15.0 Å². The minimum Gasteiger partial charge on any atom is -0.445 e. The van der Waals surface area contributed by atoms with E-state index < -0.39 is 29.2 Å². The lowest BCUT2D eigenvalue weighted by Crippen LogP contribution is -2.32. The van der Waals surface area contributed by atoms with Crippen LogP contribution in [0.25, 0.3) is 0 Å². The van der Waals surface area contributed by atoms with Gasteiger partial charge in [-0.25, -0.2) is 4.79 Å². The molecule has 28 heavy (non-hydrogen) atoms. The highest BCUT2D eigenvalue weighted by Gasteiger charge is 2.31. The van der Waals surface area contributed by atoms with E-state index in [1.165, 1.54) is 22.9 Å². The molecule has 0 spiro atoms. The number of nitrogens with zero attached hydrogens (tertiary/aromatic N) is 3. The van der Waals surface area contributed by atoms with Crippen molar-refractivity contribution in [1.29, 1.82) is 0 Å². The molecule has 0 aliphatic carbocycles. The Morgan fingerprint density at radius 2 is 2.11 bits per heavy atom. The lowest BCUT2D eigenvalue weighted by molar-refractivity contribution is -0.389. The fourth-order valence-electron chi connectivity index (χ4n) is 2.40. The topological polar surface area (TPSA) is 118 Å². The molecule has 1 atom stereocenters. The Labute approximate surface area is 155 Å². The highest BCUT2D eigenvalue weighted by Crippen LogP contribution is 2.25. The van der Waals surface area contributed by atoms with E-state index in [9.17, 15) is 28.1 Å². The van der Waals surface area contributed by atoms with Crippen molar-refractivity contribution in [3.63, 3.8) is 0 Å². The molecule has 1 amide bonds. The molecule has 1 aliphatic heterocycles. The van der Waals surface area contributed by atoms with Gasteiger partial charge in [-0.1, -0.05) is 0 Å². The average Bonchev–Trinajstić information content (AvgIpc) is 3.04. The Morgan fingerprint density at radius 1 is 1.39 bits per heavy atom. The van der Waals surface area contributed by atoms with E-state index in [1.807, 2.05) is 0 Å². The van der Waals surface area contributed by atoms with Gasteiger partial charge in [-0.2, -0.15) is 0 Å². The zero-order chi connectivity index (χ0) is 20.3. The van der Waals surface area contributed by atoms with Crippen LogP contribution in [0.1, 0.15) is 6.42 Å². The van der Waals surface area contributed by atoms with Gasteiger partial charge in [0, 0.05) is 23.6 Å². The summed E-state index contributed by atoms with van der Waals surface area (Å²) in [6, 6.07) is 4.58. The monoisotopic (exact) mass is 402 g/mol. The first-order valence-electron chi connectivity index (χ1n) is 7.87. The number of anilines is 1. The SMILES string of the molecule is O=C(Nc1ccc(OC(F)(F)F)cc1)OC[C@H]1CCn2cc([N+](=O)[O-])nc2O1. The molecule has 13 heteroatoms. The number of aryl methyl sites for hydroxylation is 1. The number of nitrogens with one attached hydrogen (secondary N) is 1. The molecule has 0 unspecified atom stereocenters. The Kier molecular flexibility index (Phi) is 5.24. The Balaban J connectivity index is 1.47. The number of nitro groups is 1. The van der Waals surface area contributed by atoms with Crippen molar-refractivity contribution in [1.82, 2.24) is 9.55 Å². The summed E-state index contributed by atoms with van der Waals surface area (Å²) in [6.45, 7) is 0.272. The number of alkyl halides is 3. The van der Waals surface area contributed by atoms with Gasteiger partial charge in [-0.15, -0.1) is 13.2 Å². The number of carbonyl (C=O) groups is 1. The number of rotatable bonds is 5. The molecule has 1 N–H and O–H groups in total. The molecular formula is C15H13F3N4O6. The van der Waals surface area contributed by atoms with E-state index in [4.69, 9.17) is 9.47 Å². The lowest BCUT2D eigenvalue weighted by atomic mass is 10.2. The molecule has 0 saturated heterocycles. The molecule has 10 nitrogen and oxygen atoms in total. The first-order valence-corrected chi connectivity index (χ1v) is 7.87. The van der Waals surface area contributed by atoms with E-state index in [1.54, 1.807) is 0 Å². The minimum absolute atomic E-state index is 0.0622. The van der Waals surface area contributed by atoms with Crippen molar-refractivity contribution in [2.24, 2.45) is 0 Å². The maximum absolute atomic E-state index is 12.1. The minimum atomic E-state index is -4.80. The van der Waals surface area contributed by atoms with Gasteiger partial charge in [0.05, 0.1) is 0 Å². The van der Waals surface area contributed by atoms with E-state index in [-0.39, 0.29) is 24.1 Å².